The maximum atomic E-state index is 12.3. The van der Waals surface area contributed by atoms with Crippen molar-refractivity contribution >= 4 is 39.2 Å². The predicted molar refractivity (Wildman–Crippen MR) is 104 cm³/mol. The molecule has 0 saturated carbocycles. The van der Waals surface area contributed by atoms with Crippen LogP contribution in [0.1, 0.15) is 0 Å². The van der Waals surface area contributed by atoms with E-state index >= 15 is 0 Å². The fourth-order valence-corrected chi connectivity index (χ4v) is 3.90. The maximum absolute atomic E-state index is 12.3. The van der Waals surface area contributed by atoms with E-state index in [0.29, 0.717) is 5.69 Å². The largest absolute Gasteiger partial charge is 0.329 e. The molecule has 0 aliphatic rings. The summed E-state index contributed by atoms with van der Waals surface area (Å²) in [5.41, 5.74) is 0.511. The van der Waals surface area contributed by atoms with Crippen molar-refractivity contribution in [2.75, 3.05) is 15.8 Å². The molecule has 140 valence electrons. The Bertz CT molecular complexity index is 1020. The SMILES string of the molecule is Cn1ccnc1SCC(=O)Nc1ccc(S(=O)(=O)Nc2ccccn2)cc1. The standard InChI is InChI=1S/C17H17N5O3S2/c1-22-11-10-19-17(22)26-12-16(23)20-13-5-7-14(8-6-13)27(24,25)21-15-4-2-3-9-18-15/h2-11H,12H2,1H3,(H,18,21)(H,20,23). The number of imidazole rings is 1. The summed E-state index contributed by atoms with van der Waals surface area (Å²) in [6, 6.07) is 10.9. The number of hydrogen-bond donors (Lipinski definition) is 2. The summed E-state index contributed by atoms with van der Waals surface area (Å²) in [5, 5.41) is 3.47. The van der Waals surface area contributed by atoms with Gasteiger partial charge in [-0.05, 0) is 36.4 Å². The Balaban J connectivity index is 1.59. The number of rotatable bonds is 7. The smallest absolute Gasteiger partial charge is 0.263 e. The molecule has 0 bridgehead atoms. The molecule has 8 nitrogen and oxygen atoms in total. The van der Waals surface area contributed by atoms with Gasteiger partial charge in [0.25, 0.3) is 10.0 Å². The Morgan fingerprint density at radius 3 is 2.52 bits per heavy atom. The van der Waals surface area contributed by atoms with E-state index in [0.717, 1.165) is 5.16 Å². The summed E-state index contributed by atoms with van der Waals surface area (Å²) >= 11 is 1.32. The normalized spacial score (nSPS) is 11.1. The van der Waals surface area contributed by atoms with Crippen molar-refractivity contribution in [3.8, 4) is 0 Å². The monoisotopic (exact) mass is 403 g/mol. The zero-order chi connectivity index (χ0) is 19.3. The molecule has 0 radical (unpaired) electrons. The van der Waals surface area contributed by atoms with Crippen LogP contribution < -0.4 is 10.0 Å². The molecule has 0 aliphatic heterocycles. The summed E-state index contributed by atoms with van der Waals surface area (Å²) in [6.45, 7) is 0. The Morgan fingerprint density at radius 1 is 1.11 bits per heavy atom. The van der Waals surface area contributed by atoms with Gasteiger partial charge in [0.1, 0.15) is 5.82 Å². The molecule has 0 saturated heterocycles. The lowest BCUT2D eigenvalue weighted by Gasteiger charge is -2.09. The zero-order valence-corrected chi connectivity index (χ0v) is 16.0. The molecule has 0 aliphatic carbocycles. The summed E-state index contributed by atoms with van der Waals surface area (Å²) < 4.78 is 28.9. The molecule has 2 heterocycles. The van der Waals surface area contributed by atoms with Gasteiger partial charge in [-0.3, -0.25) is 9.52 Å². The average Bonchev–Trinajstić information content (AvgIpc) is 3.06. The van der Waals surface area contributed by atoms with Gasteiger partial charge in [0.05, 0.1) is 10.6 Å². The number of nitrogens with zero attached hydrogens (tertiary/aromatic N) is 3. The third kappa shape index (κ3) is 5.08. The average molecular weight is 403 g/mol. The number of pyridine rings is 1. The molecule has 1 aromatic carbocycles. The van der Waals surface area contributed by atoms with Gasteiger partial charge in [-0.2, -0.15) is 0 Å². The lowest BCUT2D eigenvalue weighted by molar-refractivity contribution is -0.113. The van der Waals surface area contributed by atoms with Crippen molar-refractivity contribution in [1.82, 2.24) is 14.5 Å². The van der Waals surface area contributed by atoms with Crippen molar-refractivity contribution in [1.29, 1.82) is 0 Å². The molecule has 0 fully saturated rings. The first kappa shape index (κ1) is 18.9. The van der Waals surface area contributed by atoms with E-state index in [-0.39, 0.29) is 22.4 Å². The molecule has 2 N–H and O–H groups in total. The van der Waals surface area contributed by atoms with Crippen molar-refractivity contribution in [2.45, 2.75) is 10.1 Å². The van der Waals surface area contributed by atoms with Crippen LogP contribution in [0.3, 0.4) is 0 Å². The van der Waals surface area contributed by atoms with E-state index in [1.165, 1.54) is 42.2 Å². The Morgan fingerprint density at radius 2 is 1.89 bits per heavy atom. The van der Waals surface area contributed by atoms with Crippen molar-refractivity contribution in [3.05, 3.63) is 61.1 Å². The molecule has 0 spiro atoms. The molecular weight excluding hydrogens is 386 g/mol. The number of aromatic nitrogens is 3. The molecule has 1 amide bonds. The third-order valence-electron chi connectivity index (χ3n) is 3.46. The van der Waals surface area contributed by atoms with Gasteiger partial charge in [0.2, 0.25) is 5.91 Å². The van der Waals surface area contributed by atoms with Crippen molar-refractivity contribution < 1.29 is 13.2 Å². The highest BCUT2D eigenvalue weighted by molar-refractivity contribution is 7.99. The summed E-state index contributed by atoms with van der Waals surface area (Å²) in [6.07, 6.45) is 4.97. The molecule has 2 aromatic heterocycles. The van der Waals surface area contributed by atoms with Crippen LogP contribution >= 0.6 is 11.8 Å². The van der Waals surface area contributed by atoms with Gasteiger partial charge in [0, 0.05) is 31.3 Å². The van der Waals surface area contributed by atoms with E-state index in [1.54, 1.807) is 30.6 Å². The van der Waals surface area contributed by atoms with E-state index in [1.807, 2.05) is 11.6 Å². The van der Waals surface area contributed by atoms with Crippen LogP contribution in [-0.4, -0.2) is 34.6 Å². The lowest BCUT2D eigenvalue weighted by Crippen LogP contribution is -2.15. The summed E-state index contributed by atoms with van der Waals surface area (Å²) in [7, 11) is -1.89. The molecular formula is C17H17N5O3S2. The Labute approximate surface area is 161 Å². The number of hydrogen-bond acceptors (Lipinski definition) is 6. The highest BCUT2D eigenvalue weighted by Gasteiger charge is 2.15. The topological polar surface area (TPSA) is 106 Å². The van der Waals surface area contributed by atoms with Crippen LogP contribution in [0, 0.1) is 0 Å². The highest BCUT2D eigenvalue weighted by Crippen LogP contribution is 2.18. The molecule has 0 atom stereocenters. The van der Waals surface area contributed by atoms with Crippen LogP contribution in [0.4, 0.5) is 11.5 Å². The van der Waals surface area contributed by atoms with E-state index in [2.05, 4.69) is 20.0 Å². The quantitative estimate of drug-likeness (QED) is 0.587. The predicted octanol–water partition coefficient (Wildman–Crippen LogP) is 2.35. The van der Waals surface area contributed by atoms with Gasteiger partial charge in [-0.1, -0.05) is 17.8 Å². The van der Waals surface area contributed by atoms with E-state index < -0.39 is 10.0 Å². The number of carbonyl (C=O) groups is 1. The minimum absolute atomic E-state index is 0.0773. The molecule has 10 heteroatoms. The number of sulfonamides is 1. The number of aryl methyl sites for hydroxylation is 1. The van der Waals surface area contributed by atoms with Crippen LogP contribution in [0.25, 0.3) is 0 Å². The van der Waals surface area contributed by atoms with Gasteiger partial charge in [-0.15, -0.1) is 0 Å². The lowest BCUT2D eigenvalue weighted by atomic mass is 10.3. The highest BCUT2D eigenvalue weighted by atomic mass is 32.2. The Kier molecular flexibility index (Phi) is 5.77. The number of thioether (sulfide) groups is 1. The first-order valence-corrected chi connectivity index (χ1v) is 10.3. The number of anilines is 2. The molecule has 27 heavy (non-hydrogen) atoms. The van der Waals surface area contributed by atoms with Crippen LogP contribution in [-0.2, 0) is 21.9 Å². The zero-order valence-electron chi connectivity index (χ0n) is 14.4. The first-order chi connectivity index (χ1) is 12.9. The van der Waals surface area contributed by atoms with Gasteiger partial charge >= 0.3 is 0 Å². The fraction of sp³-hybridized carbons (Fsp3) is 0.118. The van der Waals surface area contributed by atoms with Gasteiger partial charge < -0.3 is 9.88 Å². The number of amides is 1. The second-order valence-electron chi connectivity index (χ2n) is 5.50. The third-order valence-corrected chi connectivity index (χ3v) is 5.89. The van der Waals surface area contributed by atoms with Crippen LogP contribution in [0.15, 0.2) is 71.1 Å². The number of benzene rings is 1. The fourth-order valence-electron chi connectivity index (χ4n) is 2.16. The first-order valence-electron chi connectivity index (χ1n) is 7.88. The van der Waals surface area contributed by atoms with E-state index in [9.17, 15) is 13.2 Å². The molecule has 0 unspecified atom stereocenters. The van der Waals surface area contributed by atoms with Crippen molar-refractivity contribution in [2.24, 2.45) is 7.05 Å². The van der Waals surface area contributed by atoms with Crippen LogP contribution in [0.2, 0.25) is 0 Å². The van der Waals surface area contributed by atoms with Crippen molar-refractivity contribution in [3.63, 3.8) is 0 Å². The number of carbonyl (C=O) groups excluding carboxylic acids is 1. The minimum Gasteiger partial charge on any atom is -0.329 e. The second-order valence-corrected chi connectivity index (χ2v) is 8.13. The molecule has 3 rings (SSSR count). The second kappa shape index (κ2) is 8.23. The minimum atomic E-state index is -3.74. The summed E-state index contributed by atoms with van der Waals surface area (Å²) in [4.78, 5) is 20.2. The van der Waals surface area contributed by atoms with Gasteiger partial charge in [0.15, 0.2) is 5.16 Å². The molecule has 3 aromatic rings. The maximum Gasteiger partial charge on any atom is 0.263 e. The number of nitrogens with one attached hydrogen (secondary N) is 2. The van der Waals surface area contributed by atoms with Crippen LogP contribution in [0.5, 0.6) is 0 Å². The Hall–Kier alpha value is -2.85. The van der Waals surface area contributed by atoms with E-state index in [4.69, 9.17) is 0 Å². The summed E-state index contributed by atoms with van der Waals surface area (Å²) in [5.74, 6) is 0.234. The van der Waals surface area contributed by atoms with Gasteiger partial charge in [-0.25, -0.2) is 18.4 Å².